The molecular formula is C25H18F2N4O2. The van der Waals surface area contributed by atoms with Gasteiger partial charge in [0.1, 0.15) is 23.4 Å². The summed E-state index contributed by atoms with van der Waals surface area (Å²) in [5.41, 5.74) is 0.970. The number of rotatable bonds is 6. The van der Waals surface area contributed by atoms with Crippen LogP contribution in [0.1, 0.15) is 22.1 Å². The number of benzene rings is 3. The zero-order valence-corrected chi connectivity index (χ0v) is 17.2. The number of anilines is 2. The Labute approximate surface area is 188 Å². The van der Waals surface area contributed by atoms with Crippen molar-refractivity contribution in [1.29, 1.82) is 0 Å². The van der Waals surface area contributed by atoms with Gasteiger partial charge in [0.15, 0.2) is 0 Å². The first-order valence-electron chi connectivity index (χ1n) is 9.99. The fraction of sp³-hybridized carbons (Fsp3) is 0.0400. The summed E-state index contributed by atoms with van der Waals surface area (Å²) in [5.74, 6) is -2.24. The second-order valence-electron chi connectivity index (χ2n) is 7.06. The molecule has 0 aliphatic rings. The van der Waals surface area contributed by atoms with Crippen LogP contribution < -0.4 is 10.2 Å². The van der Waals surface area contributed by atoms with Crippen LogP contribution in [0.4, 0.5) is 20.2 Å². The molecule has 164 valence electrons. The largest absolute Gasteiger partial charge is 0.324 e. The van der Waals surface area contributed by atoms with Crippen LogP contribution in [0.2, 0.25) is 0 Å². The molecule has 33 heavy (non-hydrogen) atoms. The minimum Gasteiger partial charge on any atom is -0.324 e. The van der Waals surface area contributed by atoms with Gasteiger partial charge in [0.2, 0.25) is 0 Å². The molecule has 0 saturated heterocycles. The minimum atomic E-state index is -1.19. The van der Waals surface area contributed by atoms with Crippen molar-refractivity contribution in [3.8, 4) is 0 Å². The maximum Gasteiger partial charge on any atom is 0.279 e. The van der Waals surface area contributed by atoms with E-state index < -0.39 is 29.5 Å². The van der Waals surface area contributed by atoms with Gasteiger partial charge < -0.3 is 5.32 Å². The Morgan fingerprint density at radius 1 is 0.848 bits per heavy atom. The van der Waals surface area contributed by atoms with Gasteiger partial charge in [-0.2, -0.15) is 0 Å². The van der Waals surface area contributed by atoms with Crippen molar-refractivity contribution in [2.24, 2.45) is 0 Å². The summed E-state index contributed by atoms with van der Waals surface area (Å²) in [6, 6.07) is 18.0. The molecule has 2 amide bonds. The summed E-state index contributed by atoms with van der Waals surface area (Å²) < 4.78 is 27.5. The quantitative estimate of drug-likeness (QED) is 0.464. The van der Waals surface area contributed by atoms with Crippen molar-refractivity contribution in [1.82, 2.24) is 9.97 Å². The average Bonchev–Trinajstić information content (AvgIpc) is 2.84. The molecular weight excluding hydrogens is 426 g/mol. The van der Waals surface area contributed by atoms with E-state index in [0.717, 1.165) is 6.07 Å². The smallest absolute Gasteiger partial charge is 0.279 e. The molecule has 1 aromatic heterocycles. The van der Waals surface area contributed by atoms with E-state index in [1.54, 1.807) is 30.3 Å². The molecule has 4 rings (SSSR count). The third kappa shape index (κ3) is 5.07. The fourth-order valence-electron chi connectivity index (χ4n) is 3.34. The predicted octanol–water partition coefficient (Wildman–Crippen LogP) is 4.78. The molecule has 0 saturated carbocycles. The predicted molar refractivity (Wildman–Crippen MR) is 119 cm³/mol. The van der Waals surface area contributed by atoms with Crippen molar-refractivity contribution in [2.45, 2.75) is 6.04 Å². The van der Waals surface area contributed by atoms with E-state index >= 15 is 0 Å². The Kier molecular flexibility index (Phi) is 6.45. The highest BCUT2D eigenvalue weighted by Crippen LogP contribution is 2.31. The van der Waals surface area contributed by atoms with Gasteiger partial charge >= 0.3 is 0 Å². The summed E-state index contributed by atoms with van der Waals surface area (Å²) in [6.07, 6.45) is 4.04. The van der Waals surface area contributed by atoms with Crippen LogP contribution in [0.15, 0.2) is 97.5 Å². The fourth-order valence-corrected chi connectivity index (χ4v) is 3.34. The molecule has 3 aromatic carbocycles. The average molecular weight is 444 g/mol. The molecule has 0 radical (unpaired) electrons. The van der Waals surface area contributed by atoms with Crippen LogP contribution in [0.5, 0.6) is 0 Å². The lowest BCUT2D eigenvalue weighted by Crippen LogP contribution is -2.42. The van der Waals surface area contributed by atoms with E-state index in [-0.39, 0.29) is 11.4 Å². The SMILES string of the molecule is O=C(Nc1ccc(F)cc1)[C@H](c1ccccc1)N(C(=O)c1cnccn1)c1cccc(F)c1. The number of halogens is 2. The highest BCUT2D eigenvalue weighted by atomic mass is 19.1. The van der Waals surface area contributed by atoms with Gasteiger partial charge in [-0.3, -0.25) is 19.5 Å². The van der Waals surface area contributed by atoms with Crippen molar-refractivity contribution < 1.29 is 18.4 Å². The second-order valence-corrected chi connectivity index (χ2v) is 7.06. The van der Waals surface area contributed by atoms with E-state index in [2.05, 4.69) is 15.3 Å². The van der Waals surface area contributed by atoms with Crippen LogP contribution in [0, 0.1) is 11.6 Å². The minimum absolute atomic E-state index is 0.0164. The van der Waals surface area contributed by atoms with Crippen LogP contribution in [0.25, 0.3) is 0 Å². The van der Waals surface area contributed by atoms with E-state index in [1.165, 1.54) is 66.0 Å². The van der Waals surface area contributed by atoms with Crippen molar-refractivity contribution in [3.05, 3.63) is 120 Å². The van der Waals surface area contributed by atoms with Crippen LogP contribution in [-0.2, 0) is 4.79 Å². The normalized spacial score (nSPS) is 11.5. The second kappa shape index (κ2) is 9.78. The summed E-state index contributed by atoms with van der Waals surface area (Å²) in [6.45, 7) is 0. The maximum absolute atomic E-state index is 14.1. The lowest BCUT2D eigenvalue weighted by atomic mass is 10.0. The van der Waals surface area contributed by atoms with Crippen LogP contribution in [0.3, 0.4) is 0 Å². The molecule has 1 N–H and O–H groups in total. The number of carbonyl (C=O) groups excluding carboxylic acids is 2. The van der Waals surface area contributed by atoms with Crippen molar-refractivity contribution >= 4 is 23.2 Å². The van der Waals surface area contributed by atoms with E-state index in [9.17, 15) is 18.4 Å². The van der Waals surface area contributed by atoms with Crippen molar-refractivity contribution in [2.75, 3.05) is 10.2 Å². The number of nitrogens with one attached hydrogen (secondary N) is 1. The Morgan fingerprint density at radius 3 is 2.27 bits per heavy atom. The first-order chi connectivity index (χ1) is 16.0. The highest BCUT2D eigenvalue weighted by Gasteiger charge is 2.34. The summed E-state index contributed by atoms with van der Waals surface area (Å²) in [5, 5.41) is 2.71. The third-order valence-electron chi connectivity index (χ3n) is 4.82. The van der Waals surface area contributed by atoms with Crippen molar-refractivity contribution in [3.63, 3.8) is 0 Å². The molecule has 8 heteroatoms. The molecule has 6 nitrogen and oxygen atoms in total. The Balaban J connectivity index is 1.83. The topological polar surface area (TPSA) is 75.2 Å². The Bertz CT molecular complexity index is 1250. The van der Waals surface area contributed by atoms with Gasteiger partial charge in [0, 0.05) is 23.8 Å². The number of hydrogen-bond acceptors (Lipinski definition) is 4. The molecule has 1 heterocycles. The number of nitrogens with zero attached hydrogens (tertiary/aromatic N) is 3. The molecule has 0 spiro atoms. The number of amides is 2. The summed E-state index contributed by atoms with van der Waals surface area (Å²) in [7, 11) is 0. The number of carbonyl (C=O) groups is 2. The highest BCUT2D eigenvalue weighted by molar-refractivity contribution is 6.11. The molecule has 0 bridgehead atoms. The lowest BCUT2D eigenvalue weighted by Gasteiger charge is -2.31. The summed E-state index contributed by atoms with van der Waals surface area (Å²) in [4.78, 5) is 36.2. The first kappa shape index (κ1) is 21.8. The molecule has 0 fully saturated rings. The molecule has 1 atom stereocenters. The standard InChI is InChI=1S/C25H18F2N4O2/c26-18-9-11-20(12-10-18)30-24(32)23(17-5-2-1-3-6-17)31(21-8-4-7-19(27)15-21)25(33)22-16-28-13-14-29-22/h1-16,23H,(H,30,32)/t23-/m0/s1. The number of hydrogen-bond donors (Lipinski definition) is 1. The van der Waals surface area contributed by atoms with Gasteiger partial charge in [-0.25, -0.2) is 13.8 Å². The molecule has 0 unspecified atom stereocenters. The molecule has 4 aromatic rings. The third-order valence-corrected chi connectivity index (χ3v) is 4.82. The van der Waals surface area contributed by atoms with Gasteiger partial charge in [0.25, 0.3) is 11.8 Å². The van der Waals surface area contributed by atoms with Gasteiger partial charge in [-0.15, -0.1) is 0 Å². The van der Waals surface area contributed by atoms with Crippen LogP contribution in [-0.4, -0.2) is 21.8 Å². The molecule has 0 aliphatic carbocycles. The lowest BCUT2D eigenvalue weighted by molar-refractivity contribution is -0.117. The van der Waals surface area contributed by atoms with Crippen LogP contribution >= 0.6 is 0 Å². The van der Waals surface area contributed by atoms with Gasteiger partial charge in [-0.1, -0.05) is 36.4 Å². The van der Waals surface area contributed by atoms with E-state index in [1.807, 2.05) is 0 Å². The maximum atomic E-state index is 14.1. The Morgan fingerprint density at radius 2 is 1.61 bits per heavy atom. The molecule has 0 aliphatic heterocycles. The van der Waals surface area contributed by atoms with E-state index in [4.69, 9.17) is 0 Å². The zero-order chi connectivity index (χ0) is 23.2. The summed E-state index contributed by atoms with van der Waals surface area (Å²) >= 11 is 0. The number of aromatic nitrogens is 2. The van der Waals surface area contributed by atoms with Gasteiger partial charge in [-0.05, 0) is 48.0 Å². The monoisotopic (exact) mass is 444 g/mol. The Hall–Kier alpha value is -4.46. The van der Waals surface area contributed by atoms with Gasteiger partial charge in [0.05, 0.1) is 6.20 Å². The van der Waals surface area contributed by atoms with E-state index in [0.29, 0.717) is 11.3 Å². The first-order valence-corrected chi connectivity index (χ1v) is 9.99. The zero-order valence-electron chi connectivity index (χ0n) is 17.2.